The van der Waals surface area contributed by atoms with E-state index in [9.17, 15) is 10.2 Å². The van der Waals surface area contributed by atoms with Crippen molar-refractivity contribution < 1.29 is 10.2 Å². The summed E-state index contributed by atoms with van der Waals surface area (Å²) in [4.78, 5) is 0. The number of phenols is 2. The third-order valence-corrected chi connectivity index (χ3v) is 4.38. The molecule has 115 valence electrons. The molecular formula is C19H17N2O2. The van der Waals surface area contributed by atoms with E-state index in [-0.39, 0.29) is 11.5 Å². The van der Waals surface area contributed by atoms with Crippen LogP contribution in [0.1, 0.15) is 25.3 Å². The second-order valence-electron chi connectivity index (χ2n) is 5.95. The van der Waals surface area contributed by atoms with Gasteiger partial charge in [0, 0.05) is 17.2 Å². The summed E-state index contributed by atoms with van der Waals surface area (Å²) in [6, 6.07) is 18.0. The Hall–Kier alpha value is -2.75. The van der Waals surface area contributed by atoms with Crippen molar-refractivity contribution >= 4 is 0 Å². The van der Waals surface area contributed by atoms with Crippen molar-refractivity contribution in [2.75, 3.05) is 0 Å². The van der Waals surface area contributed by atoms with Crippen LogP contribution in [-0.4, -0.2) is 20.0 Å². The largest absolute Gasteiger partial charge is 0.508 e. The first kappa shape index (κ1) is 13.9. The van der Waals surface area contributed by atoms with Gasteiger partial charge in [0.2, 0.25) is 0 Å². The van der Waals surface area contributed by atoms with E-state index in [1.807, 2.05) is 24.3 Å². The highest BCUT2D eigenvalue weighted by Crippen LogP contribution is 2.37. The third kappa shape index (κ3) is 2.57. The monoisotopic (exact) mass is 305 g/mol. The third-order valence-electron chi connectivity index (χ3n) is 4.38. The predicted octanol–water partition coefficient (Wildman–Crippen LogP) is 4.15. The van der Waals surface area contributed by atoms with Crippen LogP contribution < -0.4 is 0 Å². The van der Waals surface area contributed by atoms with Crippen LogP contribution in [0.15, 0.2) is 48.5 Å². The SMILES string of the molecule is Oc1ccc(-c2[c]c(-c3ccc(O)cc3)n(C3CCC3)n2)cc1. The van der Waals surface area contributed by atoms with Gasteiger partial charge in [-0.1, -0.05) is 0 Å². The first-order valence-corrected chi connectivity index (χ1v) is 7.81. The van der Waals surface area contributed by atoms with Gasteiger partial charge in [0.1, 0.15) is 17.2 Å². The van der Waals surface area contributed by atoms with Crippen molar-refractivity contribution in [3.8, 4) is 34.0 Å². The first-order valence-electron chi connectivity index (χ1n) is 7.81. The Morgan fingerprint density at radius 1 is 0.870 bits per heavy atom. The number of benzene rings is 2. The second kappa shape index (κ2) is 5.47. The average molecular weight is 305 g/mol. The lowest BCUT2D eigenvalue weighted by atomic mass is 9.93. The standard InChI is InChI=1S/C19H17N2O2/c22-16-8-4-13(5-9-16)18-12-19(14-6-10-17(23)11-7-14)21(20-18)15-2-1-3-15/h4-11,15,22-23H,1-3H2. The highest BCUT2D eigenvalue weighted by molar-refractivity contribution is 5.68. The summed E-state index contributed by atoms with van der Waals surface area (Å²) >= 11 is 0. The molecule has 0 unspecified atom stereocenters. The van der Waals surface area contributed by atoms with Crippen molar-refractivity contribution in [2.45, 2.75) is 25.3 Å². The highest BCUT2D eigenvalue weighted by atomic mass is 16.3. The van der Waals surface area contributed by atoms with Gasteiger partial charge in [0.05, 0.1) is 11.7 Å². The minimum absolute atomic E-state index is 0.242. The Bertz CT molecular complexity index is 816. The van der Waals surface area contributed by atoms with Gasteiger partial charge in [-0.15, -0.1) is 0 Å². The molecule has 1 radical (unpaired) electrons. The smallest absolute Gasteiger partial charge is 0.115 e. The molecule has 0 atom stereocenters. The molecule has 0 saturated heterocycles. The second-order valence-corrected chi connectivity index (χ2v) is 5.95. The number of phenolic OH excluding ortho intramolecular Hbond substituents is 2. The quantitative estimate of drug-likeness (QED) is 0.764. The van der Waals surface area contributed by atoms with E-state index >= 15 is 0 Å². The Labute approximate surface area is 134 Å². The molecule has 0 bridgehead atoms. The number of rotatable bonds is 3. The minimum Gasteiger partial charge on any atom is -0.508 e. The maximum atomic E-state index is 9.49. The maximum absolute atomic E-state index is 9.49. The van der Waals surface area contributed by atoms with Crippen LogP contribution in [0.3, 0.4) is 0 Å². The van der Waals surface area contributed by atoms with Crippen LogP contribution in [0, 0.1) is 6.07 Å². The fourth-order valence-electron chi connectivity index (χ4n) is 2.82. The van der Waals surface area contributed by atoms with E-state index in [1.54, 1.807) is 24.3 Å². The molecule has 23 heavy (non-hydrogen) atoms. The van der Waals surface area contributed by atoms with E-state index in [4.69, 9.17) is 5.10 Å². The summed E-state index contributed by atoms with van der Waals surface area (Å²) in [5.41, 5.74) is 3.64. The van der Waals surface area contributed by atoms with Gasteiger partial charge < -0.3 is 10.2 Å². The molecule has 4 nitrogen and oxygen atoms in total. The van der Waals surface area contributed by atoms with Crippen LogP contribution >= 0.6 is 0 Å². The van der Waals surface area contributed by atoms with Gasteiger partial charge in [-0.3, -0.25) is 4.68 Å². The van der Waals surface area contributed by atoms with Gasteiger partial charge in [-0.25, -0.2) is 0 Å². The molecule has 4 rings (SSSR count). The van der Waals surface area contributed by atoms with E-state index < -0.39 is 0 Å². The lowest BCUT2D eigenvalue weighted by molar-refractivity contribution is 0.292. The molecule has 1 aromatic heterocycles. The van der Waals surface area contributed by atoms with Crippen molar-refractivity contribution in [1.29, 1.82) is 0 Å². The van der Waals surface area contributed by atoms with Crippen LogP contribution in [0.4, 0.5) is 0 Å². The predicted molar refractivity (Wildman–Crippen MR) is 88.2 cm³/mol. The number of hydrogen-bond acceptors (Lipinski definition) is 3. The zero-order valence-electron chi connectivity index (χ0n) is 12.6. The van der Waals surface area contributed by atoms with Crippen molar-refractivity contribution in [2.24, 2.45) is 0 Å². The molecule has 1 heterocycles. The molecule has 1 aliphatic carbocycles. The maximum Gasteiger partial charge on any atom is 0.115 e. The molecule has 2 N–H and O–H groups in total. The van der Waals surface area contributed by atoms with Gasteiger partial charge in [0.15, 0.2) is 0 Å². The van der Waals surface area contributed by atoms with Crippen LogP contribution in [0.25, 0.3) is 22.5 Å². The Kier molecular flexibility index (Phi) is 3.30. The first-order chi connectivity index (χ1) is 11.2. The zero-order chi connectivity index (χ0) is 15.8. The van der Waals surface area contributed by atoms with E-state index in [2.05, 4.69) is 10.7 Å². The lowest BCUT2D eigenvalue weighted by Gasteiger charge is -2.27. The minimum atomic E-state index is 0.242. The van der Waals surface area contributed by atoms with Crippen molar-refractivity contribution in [3.05, 3.63) is 54.6 Å². The molecular weight excluding hydrogens is 288 g/mol. The number of nitrogens with zero attached hydrogens (tertiary/aromatic N) is 2. The Morgan fingerprint density at radius 2 is 1.43 bits per heavy atom. The molecule has 0 aliphatic heterocycles. The zero-order valence-corrected chi connectivity index (χ0v) is 12.6. The molecule has 2 aromatic carbocycles. The molecule has 3 aromatic rings. The van der Waals surface area contributed by atoms with Crippen LogP contribution in [-0.2, 0) is 0 Å². The van der Waals surface area contributed by atoms with Crippen molar-refractivity contribution in [3.63, 3.8) is 0 Å². The molecule has 0 spiro atoms. The van der Waals surface area contributed by atoms with Gasteiger partial charge in [-0.2, -0.15) is 5.10 Å². The Balaban J connectivity index is 1.80. The van der Waals surface area contributed by atoms with E-state index in [0.29, 0.717) is 6.04 Å². The number of aromatic nitrogens is 2. The summed E-state index contributed by atoms with van der Waals surface area (Å²) in [6.07, 6.45) is 3.50. The molecule has 0 amide bonds. The fourth-order valence-corrected chi connectivity index (χ4v) is 2.82. The number of hydrogen-bond donors (Lipinski definition) is 2. The summed E-state index contributed by atoms with van der Waals surface area (Å²) in [7, 11) is 0. The molecule has 1 aliphatic rings. The summed E-state index contributed by atoms with van der Waals surface area (Å²) in [6.45, 7) is 0. The summed E-state index contributed by atoms with van der Waals surface area (Å²) in [5, 5.41) is 23.7. The summed E-state index contributed by atoms with van der Waals surface area (Å²) in [5.74, 6) is 0.494. The van der Waals surface area contributed by atoms with Crippen molar-refractivity contribution in [1.82, 2.24) is 9.78 Å². The normalized spacial score (nSPS) is 14.6. The van der Waals surface area contributed by atoms with Crippen LogP contribution in [0.5, 0.6) is 11.5 Å². The topological polar surface area (TPSA) is 58.3 Å². The number of aromatic hydroxyl groups is 2. The molecule has 1 saturated carbocycles. The van der Waals surface area contributed by atoms with Gasteiger partial charge >= 0.3 is 0 Å². The Morgan fingerprint density at radius 3 is 1.96 bits per heavy atom. The highest BCUT2D eigenvalue weighted by Gasteiger charge is 2.24. The molecule has 1 fully saturated rings. The van der Waals surface area contributed by atoms with Gasteiger partial charge in [0.25, 0.3) is 0 Å². The van der Waals surface area contributed by atoms with E-state index in [1.165, 1.54) is 6.42 Å². The lowest BCUT2D eigenvalue weighted by Crippen LogP contribution is -2.19. The fraction of sp³-hybridized carbons (Fsp3) is 0.211. The van der Waals surface area contributed by atoms with Gasteiger partial charge in [-0.05, 0) is 67.8 Å². The van der Waals surface area contributed by atoms with Crippen LogP contribution in [0.2, 0.25) is 0 Å². The van der Waals surface area contributed by atoms with E-state index in [0.717, 1.165) is 35.4 Å². The average Bonchev–Trinajstić information content (AvgIpc) is 2.92. The summed E-state index contributed by atoms with van der Waals surface area (Å²) < 4.78 is 2.05. The molecule has 4 heteroatoms.